The third-order valence-electron chi connectivity index (χ3n) is 3.23. The van der Waals surface area contributed by atoms with E-state index in [2.05, 4.69) is 0 Å². The molecule has 0 unspecified atom stereocenters. The van der Waals surface area contributed by atoms with E-state index in [0.29, 0.717) is 6.10 Å². The molecule has 0 bridgehead atoms. The van der Waals surface area contributed by atoms with Gasteiger partial charge in [-0.05, 0) is 37.6 Å². The third kappa shape index (κ3) is 1.30. The van der Waals surface area contributed by atoms with Crippen LogP contribution in [0.2, 0.25) is 0 Å². The van der Waals surface area contributed by atoms with Crippen molar-refractivity contribution in [2.45, 2.75) is 31.8 Å². The highest BCUT2D eigenvalue weighted by Gasteiger charge is 2.36. The number of rotatable bonds is 1. The van der Waals surface area contributed by atoms with Crippen LogP contribution in [0.4, 0.5) is 0 Å². The predicted molar refractivity (Wildman–Crippen MR) is 44.2 cm³/mol. The zero-order valence-corrected chi connectivity index (χ0v) is 6.96. The second kappa shape index (κ2) is 3.11. The first-order valence-electron chi connectivity index (χ1n) is 4.73. The highest BCUT2D eigenvalue weighted by molar-refractivity contribution is 4.86. The molecule has 0 amide bonds. The molecule has 1 heterocycles. The SMILES string of the molecule is NC[C@H]1CCC[C@H]2OCC[C@H]12. The molecule has 2 aliphatic rings. The zero-order valence-electron chi connectivity index (χ0n) is 6.96. The van der Waals surface area contributed by atoms with E-state index in [1.54, 1.807) is 0 Å². The Labute approximate surface area is 68.1 Å². The summed E-state index contributed by atoms with van der Waals surface area (Å²) in [5.41, 5.74) is 5.70. The Morgan fingerprint density at radius 1 is 1.27 bits per heavy atom. The van der Waals surface area contributed by atoms with Gasteiger partial charge in [-0.15, -0.1) is 0 Å². The summed E-state index contributed by atoms with van der Waals surface area (Å²) in [6.07, 6.45) is 5.76. The molecule has 0 aromatic rings. The Balaban J connectivity index is 2.00. The summed E-state index contributed by atoms with van der Waals surface area (Å²) in [6, 6.07) is 0. The molecule has 0 aromatic carbocycles. The van der Waals surface area contributed by atoms with Crippen LogP contribution in [-0.2, 0) is 4.74 Å². The van der Waals surface area contributed by atoms with Crippen LogP contribution in [0.15, 0.2) is 0 Å². The third-order valence-corrected chi connectivity index (χ3v) is 3.23. The maximum atomic E-state index is 5.70. The normalized spacial score (nSPS) is 43.9. The van der Waals surface area contributed by atoms with E-state index >= 15 is 0 Å². The fourth-order valence-corrected chi connectivity index (χ4v) is 2.59. The maximum Gasteiger partial charge on any atom is 0.0607 e. The Hall–Kier alpha value is -0.0800. The lowest BCUT2D eigenvalue weighted by Crippen LogP contribution is -2.33. The van der Waals surface area contributed by atoms with Crippen molar-refractivity contribution in [3.05, 3.63) is 0 Å². The van der Waals surface area contributed by atoms with E-state index in [-0.39, 0.29) is 0 Å². The van der Waals surface area contributed by atoms with Crippen LogP contribution in [0.1, 0.15) is 25.7 Å². The van der Waals surface area contributed by atoms with E-state index in [9.17, 15) is 0 Å². The lowest BCUT2D eigenvalue weighted by atomic mass is 9.77. The van der Waals surface area contributed by atoms with Crippen LogP contribution in [0.3, 0.4) is 0 Å². The van der Waals surface area contributed by atoms with E-state index < -0.39 is 0 Å². The molecule has 11 heavy (non-hydrogen) atoms. The van der Waals surface area contributed by atoms with Crippen LogP contribution in [0.25, 0.3) is 0 Å². The van der Waals surface area contributed by atoms with Gasteiger partial charge < -0.3 is 10.5 Å². The van der Waals surface area contributed by atoms with Gasteiger partial charge in [-0.1, -0.05) is 6.42 Å². The van der Waals surface area contributed by atoms with Gasteiger partial charge in [-0.25, -0.2) is 0 Å². The molecule has 1 saturated carbocycles. The van der Waals surface area contributed by atoms with Crippen LogP contribution in [0.5, 0.6) is 0 Å². The molecule has 2 nitrogen and oxygen atoms in total. The maximum absolute atomic E-state index is 5.70. The highest BCUT2D eigenvalue weighted by Crippen LogP contribution is 2.37. The lowest BCUT2D eigenvalue weighted by Gasteiger charge is -2.31. The first kappa shape index (κ1) is 7.56. The van der Waals surface area contributed by atoms with Crippen LogP contribution < -0.4 is 5.73 Å². The minimum atomic E-state index is 0.567. The van der Waals surface area contributed by atoms with Crippen molar-refractivity contribution in [3.8, 4) is 0 Å². The van der Waals surface area contributed by atoms with Crippen molar-refractivity contribution in [3.63, 3.8) is 0 Å². The lowest BCUT2D eigenvalue weighted by molar-refractivity contribution is 0.0457. The van der Waals surface area contributed by atoms with Crippen molar-refractivity contribution in [1.29, 1.82) is 0 Å². The number of ether oxygens (including phenoxy) is 1. The summed E-state index contributed by atoms with van der Waals surface area (Å²) >= 11 is 0. The monoisotopic (exact) mass is 155 g/mol. The minimum absolute atomic E-state index is 0.567. The summed E-state index contributed by atoms with van der Waals surface area (Å²) in [5.74, 6) is 1.56. The fourth-order valence-electron chi connectivity index (χ4n) is 2.59. The van der Waals surface area contributed by atoms with Crippen LogP contribution in [-0.4, -0.2) is 19.3 Å². The van der Waals surface area contributed by atoms with Gasteiger partial charge in [0.15, 0.2) is 0 Å². The van der Waals surface area contributed by atoms with Crippen molar-refractivity contribution < 1.29 is 4.74 Å². The molecule has 1 saturated heterocycles. The van der Waals surface area contributed by atoms with Crippen molar-refractivity contribution >= 4 is 0 Å². The van der Waals surface area contributed by atoms with Crippen molar-refractivity contribution in [1.82, 2.24) is 0 Å². The largest absolute Gasteiger partial charge is 0.378 e. The van der Waals surface area contributed by atoms with Gasteiger partial charge in [0.1, 0.15) is 0 Å². The smallest absolute Gasteiger partial charge is 0.0607 e. The van der Waals surface area contributed by atoms with E-state index in [1.807, 2.05) is 0 Å². The number of hydrogen-bond acceptors (Lipinski definition) is 2. The molecule has 1 aliphatic carbocycles. The fraction of sp³-hybridized carbons (Fsp3) is 1.00. The predicted octanol–water partition coefficient (Wildman–Crippen LogP) is 1.15. The molecule has 2 fully saturated rings. The molecular formula is C9H17NO. The van der Waals surface area contributed by atoms with E-state index in [4.69, 9.17) is 10.5 Å². The zero-order chi connectivity index (χ0) is 7.68. The van der Waals surface area contributed by atoms with Crippen molar-refractivity contribution in [2.24, 2.45) is 17.6 Å². The first-order valence-corrected chi connectivity index (χ1v) is 4.73. The first-order chi connectivity index (χ1) is 5.42. The van der Waals surface area contributed by atoms with Gasteiger partial charge in [-0.2, -0.15) is 0 Å². The average Bonchev–Trinajstić information content (AvgIpc) is 2.50. The molecule has 2 N–H and O–H groups in total. The summed E-state index contributed by atoms with van der Waals surface area (Å²) in [4.78, 5) is 0. The van der Waals surface area contributed by atoms with Crippen LogP contribution in [0, 0.1) is 11.8 Å². The van der Waals surface area contributed by atoms with Gasteiger partial charge in [0.05, 0.1) is 6.10 Å². The second-order valence-corrected chi connectivity index (χ2v) is 3.79. The number of nitrogens with two attached hydrogens (primary N) is 1. The highest BCUT2D eigenvalue weighted by atomic mass is 16.5. The second-order valence-electron chi connectivity index (χ2n) is 3.79. The molecule has 0 radical (unpaired) electrons. The van der Waals surface area contributed by atoms with Gasteiger partial charge >= 0.3 is 0 Å². The van der Waals surface area contributed by atoms with Gasteiger partial charge in [-0.3, -0.25) is 0 Å². The molecule has 3 atom stereocenters. The summed E-state index contributed by atoms with van der Waals surface area (Å²) < 4.78 is 5.63. The Morgan fingerprint density at radius 3 is 3.00 bits per heavy atom. The topological polar surface area (TPSA) is 35.2 Å². The Bertz CT molecular complexity index is 138. The van der Waals surface area contributed by atoms with E-state index in [1.165, 1.54) is 25.7 Å². The summed E-state index contributed by atoms with van der Waals surface area (Å²) in [5, 5.41) is 0. The van der Waals surface area contributed by atoms with Gasteiger partial charge in [0.25, 0.3) is 0 Å². The molecule has 0 spiro atoms. The van der Waals surface area contributed by atoms with E-state index in [0.717, 1.165) is 25.0 Å². The average molecular weight is 155 g/mol. The molecular weight excluding hydrogens is 138 g/mol. The molecule has 1 aliphatic heterocycles. The number of fused-ring (bicyclic) bond motifs is 1. The van der Waals surface area contributed by atoms with Crippen LogP contribution >= 0.6 is 0 Å². The standard InChI is InChI=1S/C9H17NO/c10-6-7-2-1-3-9-8(7)4-5-11-9/h7-9H,1-6,10H2/t7-,8-,9-/m1/s1. The summed E-state index contributed by atoms with van der Waals surface area (Å²) in [7, 11) is 0. The molecule has 64 valence electrons. The summed E-state index contributed by atoms with van der Waals surface area (Å²) in [6.45, 7) is 1.84. The Morgan fingerprint density at radius 2 is 2.18 bits per heavy atom. The van der Waals surface area contributed by atoms with Gasteiger partial charge in [0.2, 0.25) is 0 Å². The Kier molecular flexibility index (Phi) is 2.14. The quantitative estimate of drug-likeness (QED) is 0.616. The molecule has 0 aromatic heterocycles. The minimum Gasteiger partial charge on any atom is -0.378 e. The van der Waals surface area contributed by atoms with Crippen molar-refractivity contribution in [2.75, 3.05) is 13.2 Å². The number of hydrogen-bond donors (Lipinski definition) is 1. The molecule has 2 heteroatoms. The molecule has 2 rings (SSSR count). The van der Waals surface area contributed by atoms with Gasteiger partial charge in [0, 0.05) is 6.61 Å².